The van der Waals surface area contributed by atoms with Gasteiger partial charge in [0, 0.05) is 31.4 Å². The average Bonchev–Trinajstić information content (AvgIpc) is 2.42. The predicted molar refractivity (Wildman–Crippen MR) is 83.2 cm³/mol. The third-order valence-corrected chi connectivity index (χ3v) is 3.27. The van der Waals surface area contributed by atoms with E-state index < -0.39 is 0 Å². The molecule has 1 rings (SSSR count). The van der Waals surface area contributed by atoms with Gasteiger partial charge in [0.15, 0.2) is 0 Å². The Morgan fingerprint density at radius 1 is 1.45 bits per heavy atom. The minimum absolute atomic E-state index is 0.00390. The maximum atomic E-state index is 12.3. The summed E-state index contributed by atoms with van der Waals surface area (Å²) in [7, 11) is 1.77. The molecule has 1 aromatic carbocycles. The number of hydrogen-bond acceptors (Lipinski definition) is 3. The van der Waals surface area contributed by atoms with Crippen LogP contribution in [0.2, 0.25) is 0 Å². The van der Waals surface area contributed by atoms with E-state index in [2.05, 4.69) is 12.2 Å². The third-order valence-electron chi connectivity index (χ3n) is 3.27. The molecule has 1 atom stereocenters. The van der Waals surface area contributed by atoms with Crippen LogP contribution >= 0.6 is 0 Å². The number of aryl methyl sites for hydroxylation is 1. The van der Waals surface area contributed by atoms with Gasteiger partial charge in [-0.05, 0) is 50.5 Å². The van der Waals surface area contributed by atoms with Gasteiger partial charge in [-0.1, -0.05) is 6.92 Å². The monoisotopic (exact) mass is 278 g/mol. The maximum absolute atomic E-state index is 12.3. The molecule has 4 nitrogen and oxygen atoms in total. The van der Waals surface area contributed by atoms with Gasteiger partial charge in [-0.15, -0.1) is 0 Å². The van der Waals surface area contributed by atoms with Crippen LogP contribution in [-0.2, 0) is 0 Å². The fraction of sp³-hybridized carbons (Fsp3) is 0.562. The molecule has 0 aliphatic heterocycles. The molecule has 0 saturated carbocycles. The Labute approximate surface area is 121 Å². The number of carbonyl (C=O) groups excluding carboxylic acids is 1. The van der Waals surface area contributed by atoms with Gasteiger partial charge >= 0.3 is 0 Å². The number of benzene rings is 1. The quantitative estimate of drug-likeness (QED) is 0.806. The largest absolute Gasteiger partial charge is 0.393 e. The van der Waals surface area contributed by atoms with Crippen LogP contribution < -0.4 is 5.32 Å². The van der Waals surface area contributed by atoms with E-state index in [1.807, 2.05) is 25.1 Å². The molecule has 0 aromatic heterocycles. The second kappa shape index (κ2) is 7.90. The number of amides is 1. The molecule has 0 bridgehead atoms. The van der Waals surface area contributed by atoms with Gasteiger partial charge < -0.3 is 15.3 Å². The van der Waals surface area contributed by atoms with Crippen molar-refractivity contribution in [2.75, 3.05) is 25.5 Å². The summed E-state index contributed by atoms with van der Waals surface area (Å²) < 4.78 is 0. The topological polar surface area (TPSA) is 52.6 Å². The number of nitrogens with zero attached hydrogens (tertiary/aromatic N) is 1. The van der Waals surface area contributed by atoms with Crippen molar-refractivity contribution in [1.82, 2.24) is 4.90 Å². The molecule has 0 fully saturated rings. The van der Waals surface area contributed by atoms with Crippen LogP contribution in [-0.4, -0.2) is 42.2 Å². The molecule has 0 aliphatic carbocycles. The zero-order valence-corrected chi connectivity index (χ0v) is 12.9. The number of rotatable bonds is 7. The van der Waals surface area contributed by atoms with Crippen LogP contribution in [0.1, 0.15) is 42.6 Å². The molecule has 0 spiro atoms. The Morgan fingerprint density at radius 3 is 2.70 bits per heavy atom. The number of nitrogens with one attached hydrogen (secondary N) is 1. The summed E-state index contributed by atoms with van der Waals surface area (Å²) >= 11 is 0. The van der Waals surface area contributed by atoms with Crippen LogP contribution in [0.25, 0.3) is 0 Å². The third kappa shape index (κ3) is 4.85. The molecule has 112 valence electrons. The number of aliphatic hydroxyl groups excluding tert-OH is 1. The van der Waals surface area contributed by atoms with Crippen molar-refractivity contribution in [1.29, 1.82) is 0 Å². The molecule has 0 heterocycles. The maximum Gasteiger partial charge on any atom is 0.253 e. The van der Waals surface area contributed by atoms with Gasteiger partial charge in [-0.3, -0.25) is 4.79 Å². The summed E-state index contributed by atoms with van der Waals surface area (Å²) in [6.45, 7) is 7.35. The lowest BCUT2D eigenvalue weighted by Gasteiger charge is -2.19. The SMILES string of the molecule is CCCNc1ccc(C(=O)N(C)CCC(C)O)cc1C. The standard InChI is InChI=1S/C16H26N2O2/c1-5-9-17-15-7-6-14(11-12(15)2)16(20)18(4)10-8-13(3)19/h6-7,11,13,17,19H,5,8-10H2,1-4H3. The van der Waals surface area contributed by atoms with Crippen molar-refractivity contribution >= 4 is 11.6 Å². The summed E-state index contributed by atoms with van der Waals surface area (Å²) in [4.78, 5) is 13.9. The second-order valence-corrected chi connectivity index (χ2v) is 5.32. The van der Waals surface area contributed by atoms with Crippen molar-refractivity contribution in [3.05, 3.63) is 29.3 Å². The second-order valence-electron chi connectivity index (χ2n) is 5.32. The molecule has 4 heteroatoms. The molecule has 1 amide bonds. The van der Waals surface area contributed by atoms with E-state index in [-0.39, 0.29) is 12.0 Å². The number of aliphatic hydroxyl groups is 1. The first-order valence-electron chi connectivity index (χ1n) is 7.23. The molecule has 20 heavy (non-hydrogen) atoms. The first-order chi connectivity index (χ1) is 9.45. The van der Waals surface area contributed by atoms with Crippen molar-refractivity contribution < 1.29 is 9.90 Å². The first kappa shape index (κ1) is 16.5. The van der Waals surface area contributed by atoms with Crippen LogP contribution in [0, 0.1) is 6.92 Å². The summed E-state index contributed by atoms with van der Waals surface area (Å²) in [6, 6.07) is 5.73. The van der Waals surface area contributed by atoms with E-state index in [4.69, 9.17) is 0 Å². The van der Waals surface area contributed by atoms with Crippen molar-refractivity contribution in [3.8, 4) is 0 Å². The molecule has 1 aromatic rings. The highest BCUT2D eigenvalue weighted by molar-refractivity contribution is 5.94. The molecule has 0 radical (unpaired) electrons. The lowest BCUT2D eigenvalue weighted by Crippen LogP contribution is -2.29. The Bertz CT molecular complexity index is 444. The van der Waals surface area contributed by atoms with Crippen molar-refractivity contribution in [2.45, 2.75) is 39.7 Å². The number of anilines is 1. The highest BCUT2D eigenvalue weighted by atomic mass is 16.3. The van der Waals surface area contributed by atoms with Gasteiger partial charge in [0.25, 0.3) is 5.91 Å². The minimum atomic E-state index is -0.382. The smallest absolute Gasteiger partial charge is 0.253 e. The number of hydrogen-bond donors (Lipinski definition) is 2. The molecular formula is C16H26N2O2. The zero-order valence-electron chi connectivity index (χ0n) is 12.9. The van der Waals surface area contributed by atoms with Crippen LogP contribution in [0.3, 0.4) is 0 Å². The van der Waals surface area contributed by atoms with E-state index in [0.29, 0.717) is 18.5 Å². The highest BCUT2D eigenvalue weighted by Gasteiger charge is 2.13. The Morgan fingerprint density at radius 2 is 2.15 bits per heavy atom. The van der Waals surface area contributed by atoms with E-state index in [0.717, 1.165) is 24.2 Å². The molecule has 0 saturated heterocycles. The summed E-state index contributed by atoms with van der Waals surface area (Å²) in [6.07, 6.45) is 1.28. The van der Waals surface area contributed by atoms with Crippen molar-refractivity contribution in [2.24, 2.45) is 0 Å². The fourth-order valence-electron chi connectivity index (χ4n) is 1.96. The van der Waals surface area contributed by atoms with Gasteiger partial charge in [0.2, 0.25) is 0 Å². The summed E-state index contributed by atoms with van der Waals surface area (Å²) in [5.41, 5.74) is 2.85. The molecular weight excluding hydrogens is 252 g/mol. The van der Waals surface area contributed by atoms with Gasteiger partial charge in [-0.2, -0.15) is 0 Å². The van der Waals surface area contributed by atoms with Crippen LogP contribution in [0.5, 0.6) is 0 Å². The molecule has 2 N–H and O–H groups in total. The van der Waals surface area contributed by atoms with Crippen LogP contribution in [0.15, 0.2) is 18.2 Å². The predicted octanol–water partition coefficient (Wildman–Crippen LogP) is 2.66. The molecule has 1 unspecified atom stereocenters. The van der Waals surface area contributed by atoms with Crippen molar-refractivity contribution in [3.63, 3.8) is 0 Å². The fourth-order valence-corrected chi connectivity index (χ4v) is 1.96. The summed E-state index contributed by atoms with van der Waals surface area (Å²) in [5, 5.41) is 12.6. The normalized spacial score (nSPS) is 12.1. The Balaban J connectivity index is 2.71. The average molecular weight is 278 g/mol. The van der Waals surface area contributed by atoms with Gasteiger partial charge in [-0.25, -0.2) is 0 Å². The minimum Gasteiger partial charge on any atom is -0.393 e. The van der Waals surface area contributed by atoms with Gasteiger partial charge in [0.1, 0.15) is 0 Å². The van der Waals surface area contributed by atoms with Crippen LogP contribution in [0.4, 0.5) is 5.69 Å². The van der Waals surface area contributed by atoms with E-state index in [1.165, 1.54) is 0 Å². The number of carbonyl (C=O) groups is 1. The van der Waals surface area contributed by atoms with E-state index >= 15 is 0 Å². The Kier molecular flexibility index (Phi) is 6.52. The zero-order chi connectivity index (χ0) is 15.1. The first-order valence-corrected chi connectivity index (χ1v) is 7.23. The lowest BCUT2D eigenvalue weighted by atomic mass is 10.1. The lowest BCUT2D eigenvalue weighted by molar-refractivity contribution is 0.0769. The van der Waals surface area contributed by atoms with E-state index in [9.17, 15) is 9.90 Å². The molecule has 0 aliphatic rings. The highest BCUT2D eigenvalue weighted by Crippen LogP contribution is 2.17. The van der Waals surface area contributed by atoms with Gasteiger partial charge in [0.05, 0.1) is 6.10 Å². The van der Waals surface area contributed by atoms with E-state index in [1.54, 1.807) is 18.9 Å². The summed E-state index contributed by atoms with van der Waals surface area (Å²) in [5.74, 6) is -0.00390. The Hall–Kier alpha value is -1.55.